The Labute approximate surface area is 133 Å². The highest BCUT2D eigenvalue weighted by Crippen LogP contribution is 2.31. The summed E-state index contributed by atoms with van der Waals surface area (Å²) in [5.41, 5.74) is 2.71. The van der Waals surface area contributed by atoms with Crippen LogP contribution in [-0.2, 0) is 13.5 Å². The van der Waals surface area contributed by atoms with Crippen LogP contribution in [0.4, 0.5) is 4.39 Å². The van der Waals surface area contributed by atoms with Crippen molar-refractivity contribution in [2.75, 3.05) is 0 Å². The topological polar surface area (TPSA) is 64.0 Å². The van der Waals surface area contributed by atoms with Gasteiger partial charge < -0.3 is 5.32 Å². The van der Waals surface area contributed by atoms with E-state index in [2.05, 4.69) is 10.4 Å². The van der Waals surface area contributed by atoms with Crippen LogP contribution in [0.3, 0.4) is 0 Å². The maximum atomic E-state index is 13.5. The third kappa shape index (κ3) is 2.65. The van der Waals surface area contributed by atoms with Crippen molar-refractivity contribution in [2.45, 2.75) is 32.7 Å². The molecule has 1 atom stereocenters. The van der Waals surface area contributed by atoms with E-state index in [0.29, 0.717) is 17.7 Å². The predicted molar refractivity (Wildman–Crippen MR) is 83.9 cm³/mol. The van der Waals surface area contributed by atoms with E-state index in [1.54, 1.807) is 19.9 Å². The van der Waals surface area contributed by atoms with Gasteiger partial charge in [0.05, 0.1) is 11.7 Å². The summed E-state index contributed by atoms with van der Waals surface area (Å²) in [5, 5.41) is 6.94. The van der Waals surface area contributed by atoms with Crippen molar-refractivity contribution in [3.05, 3.63) is 62.3 Å². The van der Waals surface area contributed by atoms with Crippen LogP contribution in [0.5, 0.6) is 0 Å². The van der Waals surface area contributed by atoms with Crippen LogP contribution < -0.4 is 10.9 Å². The first-order valence-corrected chi connectivity index (χ1v) is 7.52. The largest absolute Gasteiger partial charge is 0.345 e. The molecule has 5 nitrogen and oxygen atoms in total. The Bertz CT molecular complexity index is 858. The van der Waals surface area contributed by atoms with E-state index in [1.807, 2.05) is 0 Å². The number of nitrogens with one attached hydrogen (secondary N) is 1. The van der Waals surface area contributed by atoms with E-state index in [1.165, 1.54) is 23.9 Å². The molecular formula is C17H18FN3O2. The predicted octanol–water partition coefficient (Wildman–Crippen LogP) is 1.95. The molecular weight excluding hydrogens is 297 g/mol. The van der Waals surface area contributed by atoms with E-state index < -0.39 is 11.5 Å². The van der Waals surface area contributed by atoms with Crippen LogP contribution >= 0.6 is 0 Å². The van der Waals surface area contributed by atoms with E-state index >= 15 is 0 Å². The number of aromatic nitrogens is 2. The summed E-state index contributed by atoms with van der Waals surface area (Å²) in [6.45, 7) is 3.46. The number of nitrogens with zero attached hydrogens (tertiary/aromatic N) is 2. The van der Waals surface area contributed by atoms with Crippen molar-refractivity contribution in [1.29, 1.82) is 0 Å². The number of hydrogen-bond donors (Lipinski definition) is 1. The lowest BCUT2D eigenvalue weighted by Gasteiger charge is -2.16. The summed E-state index contributed by atoms with van der Waals surface area (Å²) < 4.78 is 14.6. The lowest BCUT2D eigenvalue weighted by Crippen LogP contribution is -2.36. The fourth-order valence-corrected chi connectivity index (χ4v) is 3.07. The lowest BCUT2D eigenvalue weighted by molar-refractivity contribution is 0.0933. The summed E-state index contributed by atoms with van der Waals surface area (Å²) >= 11 is 0. The zero-order valence-electron chi connectivity index (χ0n) is 13.3. The van der Waals surface area contributed by atoms with Crippen molar-refractivity contribution in [3.63, 3.8) is 0 Å². The van der Waals surface area contributed by atoms with Gasteiger partial charge in [-0.15, -0.1) is 0 Å². The van der Waals surface area contributed by atoms with Crippen LogP contribution in [0.25, 0.3) is 0 Å². The van der Waals surface area contributed by atoms with Gasteiger partial charge in [0, 0.05) is 7.05 Å². The van der Waals surface area contributed by atoms with Crippen LogP contribution in [0.2, 0.25) is 0 Å². The number of halogens is 1. The Balaban J connectivity index is 1.94. The standard InChI is InChI=1S/C17H18FN3O2/c1-9-10(2)20-21(3)17(23)15(9)16(22)19-14-7-5-11-4-6-12(18)8-13(11)14/h4,6,8,14H,5,7H2,1-3H3,(H,19,22)/t14-/m0/s1. The average Bonchev–Trinajstić information content (AvgIpc) is 2.88. The molecule has 1 aliphatic rings. The Morgan fingerprint density at radius 1 is 1.39 bits per heavy atom. The van der Waals surface area contributed by atoms with Crippen LogP contribution in [0, 0.1) is 19.7 Å². The molecule has 2 aromatic rings. The molecule has 0 aliphatic heterocycles. The highest BCUT2D eigenvalue weighted by Gasteiger charge is 2.27. The third-order valence-electron chi connectivity index (χ3n) is 4.44. The molecule has 3 rings (SSSR count). The van der Waals surface area contributed by atoms with E-state index in [-0.39, 0.29) is 17.4 Å². The monoisotopic (exact) mass is 315 g/mol. The second-order valence-corrected chi connectivity index (χ2v) is 5.92. The summed E-state index contributed by atoms with van der Waals surface area (Å²) in [4.78, 5) is 24.8. The van der Waals surface area contributed by atoms with Gasteiger partial charge in [0.15, 0.2) is 0 Å². The van der Waals surface area contributed by atoms with E-state index in [4.69, 9.17) is 0 Å². The second-order valence-electron chi connectivity index (χ2n) is 5.92. The van der Waals surface area contributed by atoms with Gasteiger partial charge >= 0.3 is 0 Å². The number of fused-ring (bicyclic) bond motifs is 1. The number of benzene rings is 1. The minimum Gasteiger partial charge on any atom is -0.345 e. The summed E-state index contributed by atoms with van der Waals surface area (Å²) in [5.74, 6) is -0.757. The Kier molecular flexibility index (Phi) is 3.75. The highest BCUT2D eigenvalue weighted by atomic mass is 19.1. The Morgan fingerprint density at radius 2 is 2.13 bits per heavy atom. The third-order valence-corrected chi connectivity index (χ3v) is 4.44. The van der Waals surface area contributed by atoms with Crippen LogP contribution in [-0.4, -0.2) is 15.7 Å². The van der Waals surface area contributed by atoms with Crippen molar-refractivity contribution in [3.8, 4) is 0 Å². The molecule has 0 saturated carbocycles. The number of carbonyl (C=O) groups excluding carboxylic acids is 1. The second kappa shape index (κ2) is 5.61. The van der Waals surface area contributed by atoms with E-state index in [0.717, 1.165) is 17.5 Å². The summed E-state index contributed by atoms with van der Waals surface area (Å²) in [6.07, 6.45) is 1.49. The molecule has 1 heterocycles. The van der Waals surface area contributed by atoms with Gasteiger partial charge in [-0.2, -0.15) is 5.10 Å². The molecule has 120 valence electrons. The number of hydrogen-bond acceptors (Lipinski definition) is 3. The number of aryl methyl sites for hydroxylation is 3. The highest BCUT2D eigenvalue weighted by molar-refractivity contribution is 5.95. The smallest absolute Gasteiger partial charge is 0.279 e. The fraction of sp³-hybridized carbons (Fsp3) is 0.353. The average molecular weight is 315 g/mol. The molecule has 0 saturated heterocycles. The van der Waals surface area contributed by atoms with Crippen molar-refractivity contribution in [2.24, 2.45) is 7.05 Å². The number of carbonyl (C=O) groups is 1. The van der Waals surface area contributed by atoms with E-state index in [9.17, 15) is 14.0 Å². The van der Waals surface area contributed by atoms with Crippen LogP contribution in [0.1, 0.15) is 45.2 Å². The Morgan fingerprint density at radius 3 is 2.87 bits per heavy atom. The van der Waals surface area contributed by atoms with Crippen molar-refractivity contribution >= 4 is 5.91 Å². The lowest BCUT2D eigenvalue weighted by atomic mass is 10.1. The molecule has 0 unspecified atom stereocenters. The molecule has 1 aromatic carbocycles. The van der Waals surface area contributed by atoms with Crippen molar-refractivity contribution < 1.29 is 9.18 Å². The first-order valence-electron chi connectivity index (χ1n) is 7.52. The number of rotatable bonds is 2. The van der Waals surface area contributed by atoms with Crippen molar-refractivity contribution in [1.82, 2.24) is 15.1 Å². The first kappa shape index (κ1) is 15.4. The van der Waals surface area contributed by atoms with Gasteiger partial charge in [0.2, 0.25) is 0 Å². The van der Waals surface area contributed by atoms with Gasteiger partial charge in [0.25, 0.3) is 11.5 Å². The normalized spacial score (nSPS) is 16.3. The molecule has 0 bridgehead atoms. The zero-order valence-corrected chi connectivity index (χ0v) is 13.3. The first-order chi connectivity index (χ1) is 10.9. The van der Waals surface area contributed by atoms with Gasteiger partial charge in [-0.3, -0.25) is 9.59 Å². The molecule has 1 aliphatic carbocycles. The molecule has 0 spiro atoms. The molecule has 1 aromatic heterocycles. The molecule has 1 amide bonds. The van der Waals surface area contributed by atoms with Gasteiger partial charge in [-0.25, -0.2) is 9.07 Å². The molecule has 1 N–H and O–H groups in total. The minimum atomic E-state index is -0.435. The zero-order chi connectivity index (χ0) is 16.7. The quantitative estimate of drug-likeness (QED) is 0.921. The van der Waals surface area contributed by atoms with Gasteiger partial charge in [0.1, 0.15) is 11.4 Å². The maximum absolute atomic E-state index is 13.5. The fourth-order valence-electron chi connectivity index (χ4n) is 3.07. The maximum Gasteiger partial charge on any atom is 0.279 e. The summed E-state index contributed by atoms with van der Waals surface area (Å²) in [6, 6.07) is 4.36. The molecule has 23 heavy (non-hydrogen) atoms. The SMILES string of the molecule is Cc1nn(C)c(=O)c(C(=O)N[C@H]2CCc3ccc(F)cc32)c1C. The van der Waals surface area contributed by atoms with Gasteiger partial charge in [-0.05, 0) is 55.5 Å². The summed E-state index contributed by atoms with van der Waals surface area (Å²) in [7, 11) is 1.52. The molecule has 0 radical (unpaired) electrons. The minimum absolute atomic E-state index is 0.102. The van der Waals surface area contributed by atoms with Crippen LogP contribution in [0.15, 0.2) is 23.0 Å². The molecule has 0 fully saturated rings. The van der Waals surface area contributed by atoms with Gasteiger partial charge in [-0.1, -0.05) is 6.07 Å². The Hall–Kier alpha value is -2.50. The number of amides is 1. The molecule has 6 heteroatoms.